The molecule has 2 rings (SSSR count). The molecule has 1 aromatic carbocycles. The van der Waals surface area contributed by atoms with E-state index in [4.69, 9.17) is 11.6 Å². The van der Waals surface area contributed by atoms with Gasteiger partial charge in [-0.2, -0.15) is 5.10 Å². The number of benzene rings is 1. The fourth-order valence-electron chi connectivity index (χ4n) is 1.90. The van der Waals surface area contributed by atoms with E-state index in [1.165, 1.54) is 6.33 Å². The van der Waals surface area contributed by atoms with E-state index in [1.54, 1.807) is 16.8 Å². The molecule has 0 radical (unpaired) electrons. The van der Waals surface area contributed by atoms with Crippen LogP contribution in [0.5, 0.6) is 0 Å². The lowest BCUT2D eigenvalue weighted by Crippen LogP contribution is -2.14. The minimum absolute atomic E-state index is 0.122. The van der Waals surface area contributed by atoms with E-state index in [0.717, 1.165) is 5.56 Å². The van der Waals surface area contributed by atoms with E-state index >= 15 is 0 Å². The number of carbonyl (C=O) groups is 1. The number of Topliss-reactive ketones (excluding diaryl/α,β-unsaturated/α-hetero) is 1. The van der Waals surface area contributed by atoms with Crippen LogP contribution in [0, 0.1) is 0 Å². The second-order valence-corrected chi connectivity index (χ2v) is 5.17. The lowest BCUT2D eigenvalue weighted by atomic mass is 10.1. The number of hydrogen-bond acceptors (Lipinski definition) is 3. The Morgan fingerprint density at radius 2 is 1.95 bits per heavy atom. The molecule has 0 atom stereocenters. The molecule has 4 nitrogen and oxygen atoms in total. The van der Waals surface area contributed by atoms with Crippen molar-refractivity contribution in [3.63, 3.8) is 0 Å². The summed E-state index contributed by atoms with van der Waals surface area (Å²) in [5.41, 5.74) is 0.963. The summed E-state index contributed by atoms with van der Waals surface area (Å²) in [5.74, 6) is 0.839. The maximum absolute atomic E-state index is 12.0. The van der Waals surface area contributed by atoms with Crippen molar-refractivity contribution in [1.82, 2.24) is 14.8 Å². The number of rotatable bonds is 5. The summed E-state index contributed by atoms with van der Waals surface area (Å²) < 4.78 is 1.78. The third kappa shape index (κ3) is 3.64. The van der Waals surface area contributed by atoms with Crippen molar-refractivity contribution >= 4 is 17.4 Å². The van der Waals surface area contributed by atoms with Crippen LogP contribution in [0.3, 0.4) is 0 Å². The fourth-order valence-corrected chi connectivity index (χ4v) is 2.03. The minimum atomic E-state index is 0.122. The Bertz CT molecular complexity index is 560. The monoisotopic (exact) mass is 277 g/mol. The highest BCUT2D eigenvalue weighted by Crippen LogP contribution is 2.12. The lowest BCUT2D eigenvalue weighted by Gasteiger charge is -2.08. The SMILES string of the molecule is CC(C)n1ncnc1CC(=O)Cc1ccc(Cl)cc1. The first-order valence-corrected chi connectivity index (χ1v) is 6.58. The van der Waals surface area contributed by atoms with Crippen LogP contribution in [-0.4, -0.2) is 20.5 Å². The molecule has 0 unspecified atom stereocenters. The summed E-state index contributed by atoms with van der Waals surface area (Å²) >= 11 is 5.81. The molecule has 19 heavy (non-hydrogen) atoms. The van der Waals surface area contributed by atoms with E-state index in [0.29, 0.717) is 23.7 Å². The smallest absolute Gasteiger partial charge is 0.144 e. The Hall–Kier alpha value is -1.68. The van der Waals surface area contributed by atoms with Gasteiger partial charge in [0.05, 0.1) is 6.42 Å². The van der Waals surface area contributed by atoms with E-state index < -0.39 is 0 Å². The van der Waals surface area contributed by atoms with Gasteiger partial charge in [0.2, 0.25) is 0 Å². The number of aromatic nitrogens is 3. The zero-order valence-electron chi connectivity index (χ0n) is 11.0. The van der Waals surface area contributed by atoms with Gasteiger partial charge < -0.3 is 0 Å². The Morgan fingerprint density at radius 1 is 1.26 bits per heavy atom. The van der Waals surface area contributed by atoms with Gasteiger partial charge >= 0.3 is 0 Å². The molecule has 5 heteroatoms. The first-order chi connectivity index (χ1) is 9.06. The standard InChI is InChI=1S/C14H16ClN3O/c1-10(2)18-14(16-9-17-18)8-13(19)7-11-3-5-12(15)6-4-11/h3-6,9-10H,7-8H2,1-2H3. The highest BCUT2D eigenvalue weighted by Gasteiger charge is 2.12. The number of halogens is 1. The van der Waals surface area contributed by atoms with E-state index in [1.807, 2.05) is 26.0 Å². The van der Waals surface area contributed by atoms with Crippen molar-refractivity contribution in [3.05, 3.63) is 47.0 Å². The van der Waals surface area contributed by atoms with Gasteiger partial charge in [0.25, 0.3) is 0 Å². The molecule has 0 saturated carbocycles. The predicted molar refractivity (Wildman–Crippen MR) is 74.3 cm³/mol. The van der Waals surface area contributed by atoms with Crippen LogP contribution in [0.4, 0.5) is 0 Å². The maximum Gasteiger partial charge on any atom is 0.144 e. The first kappa shape index (κ1) is 13.7. The van der Waals surface area contributed by atoms with Crippen molar-refractivity contribution in [3.8, 4) is 0 Å². The van der Waals surface area contributed by atoms with Gasteiger partial charge in [0.15, 0.2) is 0 Å². The molecule has 0 aliphatic heterocycles. The van der Waals surface area contributed by atoms with Crippen molar-refractivity contribution in [1.29, 1.82) is 0 Å². The Labute approximate surface area is 117 Å². The molecular weight excluding hydrogens is 262 g/mol. The molecular formula is C14H16ClN3O. The van der Waals surface area contributed by atoms with Gasteiger partial charge in [-0.3, -0.25) is 4.79 Å². The molecule has 1 aromatic heterocycles. The summed E-state index contributed by atoms with van der Waals surface area (Å²) in [7, 11) is 0. The van der Waals surface area contributed by atoms with Crippen LogP contribution < -0.4 is 0 Å². The number of ketones is 1. The molecule has 100 valence electrons. The third-order valence-electron chi connectivity index (χ3n) is 2.81. The number of nitrogens with zero attached hydrogens (tertiary/aromatic N) is 3. The van der Waals surface area contributed by atoms with Crippen molar-refractivity contribution in [2.45, 2.75) is 32.7 Å². The van der Waals surface area contributed by atoms with Gasteiger partial charge in [-0.15, -0.1) is 0 Å². The van der Waals surface area contributed by atoms with E-state index in [2.05, 4.69) is 10.1 Å². The minimum Gasteiger partial charge on any atom is -0.299 e. The molecule has 0 aliphatic carbocycles. The van der Waals surface area contributed by atoms with Gasteiger partial charge in [0.1, 0.15) is 17.9 Å². The van der Waals surface area contributed by atoms with E-state index in [9.17, 15) is 4.79 Å². The fraction of sp³-hybridized carbons (Fsp3) is 0.357. The molecule has 0 spiro atoms. The molecule has 2 aromatic rings. The molecule has 0 N–H and O–H groups in total. The van der Waals surface area contributed by atoms with Crippen LogP contribution in [0.2, 0.25) is 5.02 Å². The van der Waals surface area contributed by atoms with Gasteiger partial charge in [0, 0.05) is 17.5 Å². The van der Waals surface area contributed by atoms with Crippen LogP contribution in [0.1, 0.15) is 31.3 Å². The average molecular weight is 278 g/mol. The van der Waals surface area contributed by atoms with Crippen molar-refractivity contribution < 1.29 is 4.79 Å². The summed E-state index contributed by atoms with van der Waals surface area (Å²) in [6.07, 6.45) is 2.19. The predicted octanol–water partition coefficient (Wildman–Crippen LogP) is 2.87. The highest BCUT2D eigenvalue weighted by molar-refractivity contribution is 6.30. The zero-order chi connectivity index (χ0) is 13.8. The van der Waals surface area contributed by atoms with Crippen LogP contribution >= 0.6 is 11.6 Å². The second-order valence-electron chi connectivity index (χ2n) is 4.73. The summed E-state index contributed by atoms with van der Waals surface area (Å²) in [4.78, 5) is 16.2. The largest absolute Gasteiger partial charge is 0.299 e. The quantitative estimate of drug-likeness (QED) is 0.844. The summed E-state index contributed by atoms with van der Waals surface area (Å²) in [6.45, 7) is 4.03. The molecule has 0 amide bonds. The maximum atomic E-state index is 12.0. The second kappa shape index (κ2) is 5.97. The Kier molecular flexibility index (Phi) is 4.32. The molecule has 0 fully saturated rings. The number of hydrogen-bond donors (Lipinski definition) is 0. The average Bonchev–Trinajstić information content (AvgIpc) is 2.80. The molecule has 0 saturated heterocycles. The molecule has 1 heterocycles. The van der Waals surface area contributed by atoms with E-state index in [-0.39, 0.29) is 11.8 Å². The summed E-state index contributed by atoms with van der Waals surface area (Å²) in [5, 5.41) is 4.80. The first-order valence-electron chi connectivity index (χ1n) is 6.21. The normalized spacial score (nSPS) is 10.9. The van der Waals surface area contributed by atoms with Gasteiger partial charge in [-0.05, 0) is 31.5 Å². The molecule has 0 bridgehead atoms. The summed E-state index contributed by atoms with van der Waals surface area (Å²) in [6, 6.07) is 7.53. The van der Waals surface area contributed by atoms with Crippen LogP contribution in [0.15, 0.2) is 30.6 Å². The lowest BCUT2D eigenvalue weighted by molar-refractivity contribution is -0.117. The van der Waals surface area contributed by atoms with Gasteiger partial charge in [-0.1, -0.05) is 23.7 Å². The van der Waals surface area contributed by atoms with Gasteiger partial charge in [-0.25, -0.2) is 9.67 Å². The van der Waals surface area contributed by atoms with Crippen molar-refractivity contribution in [2.24, 2.45) is 0 Å². The zero-order valence-corrected chi connectivity index (χ0v) is 11.8. The Balaban J connectivity index is 2.01. The Morgan fingerprint density at radius 3 is 2.58 bits per heavy atom. The molecule has 0 aliphatic rings. The van der Waals surface area contributed by atoms with Crippen LogP contribution in [0.25, 0.3) is 0 Å². The number of carbonyl (C=O) groups excluding carboxylic acids is 1. The van der Waals surface area contributed by atoms with Crippen LogP contribution in [-0.2, 0) is 17.6 Å². The van der Waals surface area contributed by atoms with Crippen molar-refractivity contribution in [2.75, 3.05) is 0 Å². The highest BCUT2D eigenvalue weighted by atomic mass is 35.5. The topological polar surface area (TPSA) is 47.8 Å². The third-order valence-corrected chi connectivity index (χ3v) is 3.06.